The largest absolute Gasteiger partial charge is 1.00 e. The maximum Gasteiger partial charge on any atom is 1.00 e. The molecular formula is C30H20N6Na2O6S2. The van der Waals surface area contributed by atoms with Crippen molar-refractivity contribution in [2.45, 2.75) is 9.79 Å². The third-order valence-electron chi connectivity index (χ3n) is 6.95. The van der Waals surface area contributed by atoms with Crippen LogP contribution >= 0.6 is 0 Å². The van der Waals surface area contributed by atoms with Crippen LogP contribution in [0.25, 0.3) is 32.3 Å². The quantitative estimate of drug-likeness (QED) is 0.112. The minimum absolute atomic E-state index is 0. The average Bonchev–Trinajstić information content (AvgIpc) is 2.99. The van der Waals surface area contributed by atoms with Crippen molar-refractivity contribution in [3.05, 3.63) is 97.1 Å². The fourth-order valence-electron chi connectivity index (χ4n) is 4.83. The molecule has 6 rings (SSSR count). The second-order valence-corrected chi connectivity index (χ2v) is 12.5. The summed E-state index contributed by atoms with van der Waals surface area (Å²) in [5.41, 5.74) is 13.5. The molecule has 0 saturated heterocycles. The predicted octanol–water partition coefficient (Wildman–Crippen LogP) is 0.958. The first-order valence-corrected chi connectivity index (χ1v) is 15.6. The molecule has 0 aliphatic rings. The molecule has 12 nitrogen and oxygen atoms in total. The molecule has 0 heterocycles. The number of nitrogen functional groups attached to an aromatic ring is 2. The zero-order chi connectivity index (χ0) is 31.2. The van der Waals surface area contributed by atoms with Crippen LogP contribution in [0.1, 0.15) is 0 Å². The summed E-state index contributed by atoms with van der Waals surface area (Å²) in [4.78, 5) is -1.35. The molecule has 0 aromatic heterocycles. The van der Waals surface area contributed by atoms with Crippen molar-refractivity contribution in [1.82, 2.24) is 0 Å². The van der Waals surface area contributed by atoms with Gasteiger partial charge in [0.25, 0.3) is 0 Å². The summed E-state index contributed by atoms with van der Waals surface area (Å²) in [5, 5.41) is 19.6. The van der Waals surface area contributed by atoms with E-state index in [1.54, 1.807) is 72.8 Å². The van der Waals surface area contributed by atoms with Gasteiger partial charge in [0, 0.05) is 43.7 Å². The van der Waals surface area contributed by atoms with Crippen LogP contribution in [0.4, 0.5) is 34.1 Å². The van der Waals surface area contributed by atoms with E-state index < -0.39 is 30.0 Å². The van der Waals surface area contributed by atoms with Crippen LogP contribution in [-0.4, -0.2) is 25.9 Å². The van der Waals surface area contributed by atoms with E-state index in [4.69, 9.17) is 11.5 Å². The van der Waals surface area contributed by atoms with E-state index in [0.29, 0.717) is 44.3 Å². The van der Waals surface area contributed by atoms with Crippen LogP contribution in [0.3, 0.4) is 0 Å². The second kappa shape index (κ2) is 13.8. The zero-order valence-corrected chi connectivity index (χ0v) is 30.1. The Morgan fingerprint density at radius 1 is 0.435 bits per heavy atom. The molecule has 6 aromatic rings. The topological polar surface area (TPSA) is 216 Å². The van der Waals surface area contributed by atoms with Crippen LogP contribution in [0.15, 0.2) is 127 Å². The van der Waals surface area contributed by atoms with Gasteiger partial charge in [0.2, 0.25) is 0 Å². The molecule has 0 aliphatic carbocycles. The Morgan fingerprint density at radius 2 is 0.761 bits per heavy atom. The maximum absolute atomic E-state index is 12.2. The van der Waals surface area contributed by atoms with Crippen LogP contribution in [0, 0.1) is 0 Å². The minimum Gasteiger partial charge on any atom is -0.744 e. The summed E-state index contributed by atoms with van der Waals surface area (Å²) in [7, 11) is -10.1. The first-order chi connectivity index (χ1) is 20.9. The molecule has 220 valence electrons. The average molecular weight is 671 g/mol. The van der Waals surface area contributed by atoms with Gasteiger partial charge in [-0.1, -0.05) is 48.5 Å². The molecule has 16 heteroatoms. The van der Waals surface area contributed by atoms with Gasteiger partial charge in [0.1, 0.15) is 20.2 Å². The van der Waals surface area contributed by atoms with Gasteiger partial charge in [0.05, 0.1) is 32.5 Å². The molecule has 0 saturated carbocycles. The maximum atomic E-state index is 12.2. The van der Waals surface area contributed by atoms with Crippen molar-refractivity contribution in [2.75, 3.05) is 11.5 Å². The number of azo groups is 2. The van der Waals surface area contributed by atoms with Crippen molar-refractivity contribution in [3.63, 3.8) is 0 Å². The number of nitrogens with zero attached hydrogens (tertiary/aromatic N) is 4. The Morgan fingerprint density at radius 3 is 1.11 bits per heavy atom. The van der Waals surface area contributed by atoms with Crippen molar-refractivity contribution in [2.24, 2.45) is 20.5 Å². The Labute approximate surface area is 307 Å². The van der Waals surface area contributed by atoms with Crippen molar-refractivity contribution in [1.29, 1.82) is 0 Å². The fourth-order valence-corrected chi connectivity index (χ4v) is 5.87. The van der Waals surface area contributed by atoms with E-state index >= 15 is 0 Å². The molecule has 0 radical (unpaired) electrons. The standard InChI is InChI=1S/C30H22N6O6S2.2Na/c31-25-9-11-27(21-7-3-1-5-19(21)25)33-35-29-15-17(43(37,38)39)14-24-23(29)13-18(44(40,41)42)16-30(24)36-34-28-12-10-26(32)20-6-2-4-8-22(20)28;;/h1-16H,31-32H2,(H,37,38,39)(H,40,41,42);;/q;2*+1/p-2. The third kappa shape index (κ3) is 7.16. The Bertz CT molecular complexity index is 2270. The minimum atomic E-state index is -5.03. The Kier molecular flexibility index (Phi) is 10.7. The van der Waals surface area contributed by atoms with Crippen molar-refractivity contribution < 1.29 is 85.1 Å². The van der Waals surface area contributed by atoms with Crippen LogP contribution in [-0.2, 0) is 20.2 Å². The molecule has 6 aromatic carbocycles. The molecule has 0 aliphatic heterocycles. The van der Waals surface area contributed by atoms with Gasteiger partial charge in [-0.3, -0.25) is 0 Å². The third-order valence-corrected chi connectivity index (χ3v) is 8.58. The monoisotopic (exact) mass is 670 g/mol. The number of benzene rings is 6. The van der Waals surface area contributed by atoms with E-state index in [2.05, 4.69) is 20.5 Å². The molecule has 0 bridgehead atoms. The fraction of sp³-hybridized carbons (Fsp3) is 0. The first kappa shape index (κ1) is 35.6. The summed E-state index contributed by atoms with van der Waals surface area (Å²) in [6.45, 7) is 0. The summed E-state index contributed by atoms with van der Waals surface area (Å²) in [6.07, 6.45) is 0. The molecule has 46 heavy (non-hydrogen) atoms. The van der Waals surface area contributed by atoms with E-state index in [1.807, 2.05) is 0 Å². The van der Waals surface area contributed by atoms with Crippen LogP contribution < -0.4 is 70.6 Å². The molecule has 0 amide bonds. The number of fused-ring (bicyclic) bond motifs is 3. The zero-order valence-electron chi connectivity index (χ0n) is 24.4. The number of anilines is 2. The summed E-state index contributed by atoms with van der Waals surface area (Å²) in [6, 6.07) is 24.6. The number of rotatable bonds is 6. The smallest absolute Gasteiger partial charge is 0.744 e. The molecule has 0 atom stereocenters. The van der Waals surface area contributed by atoms with Gasteiger partial charge in [-0.2, -0.15) is 0 Å². The van der Waals surface area contributed by atoms with Gasteiger partial charge in [-0.05, 0) is 48.5 Å². The van der Waals surface area contributed by atoms with E-state index in [0.717, 1.165) is 24.3 Å². The summed E-state index contributed by atoms with van der Waals surface area (Å²) < 4.78 is 72.9. The molecule has 0 unspecified atom stereocenters. The number of nitrogens with two attached hydrogens (primary N) is 2. The van der Waals surface area contributed by atoms with Gasteiger partial charge in [-0.15, -0.1) is 20.5 Å². The predicted molar refractivity (Wildman–Crippen MR) is 165 cm³/mol. The first-order valence-electron chi connectivity index (χ1n) is 12.8. The van der Waals surface area contributed by atoms with E-state index in [-0.39, 0.29) is 81.3 Å². The van der Waals surface area contributed by atoms with Gasteiger partial charge >= 0.3 is 59.1 Å². The van der Waals surface area contributed by atoms with Gasteiger partial charge < -0.3 is 20.6 Å². The SMILES string of the molecule is Nc1ccc(N=Nc2cc(S(=O)(=O)[O-])cc3c(N=Nc4ccc(N)c5ccccc45)cc(S(=O)(=O)[O-])cc23)c2ccccc12.[Na+].[Na+]. The van der Waals surface area contributed by atoms with Crippen LogP contribution in [0.2, 0.25) is 0 Å². The number of hydrogen-bond acceptors (Lipinski definition) is 12. The van der Waals surface area contributed by atoms with Crippen molar-refractivity contribution >= 4 is 86.7 Å². The summed E-state index contributed by atoms with van der Waals surface area (Å²) in [5.74, 6) is 0. The molecule has 0 fully saturated rings. The van der Waals surface area contributed by atoms with E-state index in [9.17, 15) is 25.9 Å². The van der Waals surface area contributed by atoms with E-state index in [1.165, 1.54) is 0 Å². The van der Waals surface area contributed by atoms with Crippen molar-refractivity contribution in [3.8, 4) is 0 Å². The second-order valence-electron chi connectivity index (χ2n) is 9.73. The molecular weight excluding hydrogens is 650 g/mol. The Hall–Kier alpha value is -3.28. The number of hydrogen-bond donors (Lipinski definition) is 2. The molecule has 4 N–H and O–H groups in total. The van der Waals surface area contributed by atoms with Gasteiger partial charge in [0.15, 0.2) is 0 Å². The Balaban J connectivity index is 0.00000240. The molecule has 0 spiro atoms. The van der Waals surface area contributed by atoms with Crippen LogP contribution in [0.5, 0.6) is 0 Å². The normalized spacial score (nSPS) is 12.1. The summed E-state index contributed by atoms with van der Waals surface area (Å²) >= 11 is 0. The van der Waals surface area contributed by atoms with Gasteiger partial charge in [-0.25, -0.2) is 16.8 Å².